The van der Waals surface area contributed by atoms with Crippen LogP contribution in [0.1, 0.15) is 118 Å². The van der Waals surface area contributed by atoms with E-state index in [2.05, 4.69) is 89.9 Å². The van der Waals surface area contributed by atoms with E-state index in [1.807, 2.05) is 6.07 Å². The molecule has 0 saturated carbocycles. The molecule has 4 aromatic rings. The average Bonchev–Trinajstić information content (AvgIpc) is 3.64. The van der Waals surface area contributed by atoms with E-state index >= 15 is 0 Å². The van der Waals surface area contributed by atoms with Crippen molar-refractivity contribution in [2.75, 3.05) is 9.80 Å². The molecule has 0 aliphatic carbocycles. The molecule has 60 heavy (non-hydrogen) atoms. The van der Waals surface area contributed by atoms with Crippen molar-refractivity contribution in [3.8, 4) is 11.5 Å². The highest BCUT2D eigenvalue weighted by molar-refractivity contribution is 5.58. The molecule has 6 nitrogen and oxygen atoms in total. The van der Waals surface area contributed by atoms with Gasteiger partial charge in [0.05, 0.1) is 11.1 Å². The zero-order chi connectivity index (χ0) is 42.6. The van der Waals surface area contributed by atoms with Crippen molar-refractivity contribution in [3.63, 3.8) is 0 Å². The molecule has 322 valence electrons. The molecule has 0 radical (unpaired) electrons. The second kappa shape index (κ2) is 18.5. The number of hydrogen-bond acceptors (Lipinski definition) is 6. The second-order valence-electron chi connectivity index (χ2n) is 16.9. The smallest absolute Gasteiger partial charge is 0.417 e. The Bertz CT molecular complexity index is 2040. The van der Waals surface area contributed by atoms with Crippen LogP contribution in [-0.2, 0) is 18.8 Å². The van der Waals surface area contributed by atoms with E-state index in [-0.39, 0.29) is 36.4 Å². The molecular formula is C48H56F6N4O2. The molecule has 4 bridgehead atoms. The van der Waals surface area contributed by atoms with Crippen molar-refractivity contribution in [3.05, 3.63) is 113 Å². The number of allylic oxidation sites excluding steroid dienone is 1. The summed E-state index contributed by atoms with van der Waals surface area (Å²) in [5.41, 5.74) is 3.41. The van der Waals surface area contributed by atoms with E-state index < -0.39 is 23.5 Å². The lowest BCUT2D eigenvalue weighted by atomic mass is 9.98. The van der Waals surface area contributed by atoms with Gasteiger partial charge in [0, 0.05) is 67.8 Å². The van der Waals surface area contributed by atoms with Gasteiger partial charge in [-0.15, -0.1) is 0 Å². The molecule has 0 N–H and O–H groups in total. The van der Waals surface area contributed by atoms with E-state index in [4.69, 9.17) is 9.47 Å². The molecule has 6 heterocycles. The Morgan fingerprint density at radius 3 is 1.53 bits per heavy atom. The molecule has 0 spiro atoms. The summed E-state index contributed by atoms with van der Waals surface area (Å²) in [7, 11) is 0. The molecule has 8 rings (SSSR count). The Morgan fingerprint density at radius 2 is 1.10 bits per heavy atom. The van der Waals surface area contributed by atoms with Crippen LogP contribution in [0, 0.1) is 13.8 Å². The number of nitrogens with zero attached hydrogens (tertiary/aromatic N) is 4. The number of aryl methyl sites for hydroxylation is 3. The average molecular weight is 835 g/mol. The number of ether oxygens (including phenoxy) is 2. The number of alkyl halides is 6. The van der Waals surface area contributed by atoms with Crippen molar-refractivity contribution in [1.82, 2.24) is 9.97 Å². The number of rotatable bonds is 11. The standard InChI is InChI=1S/C24H29F3N2O.C24H27F3N2O/c2*1-3-4-5-17-12-16(2)6-10-22(17)30-21-13-19-8-9-20(14-21)29(19)23-11-7-18(15-28-23)24(25,26)27/h6-7,10-12,15,19-21H,3-5,8-9,13-14H2,1-2H3;4-7,10-12,15,19-21H,3,8-9,13-14H2,1-2H3/b;5-4+/t2*19-,20+,21?. The Hall–Kier alpha value is -4.74. The molecule has 2 aromatic heterocycles. The van der Waals surface area contributed by atoms with Crippen molar-refractivity contribution >= 4 is 17.7 Å². The van der Waals surface area contributed by atoms with Gasteiger partial charge < -0.3 is 19.3 Å². The zero-order valence-corrected chi connectivity index (χ0v) is 34.9. The zero-order valence-electron chi connectivity index (χ0n) is 34.9. The number of fused-ring (bicyclic) bond motifs is 4. The lowest BCUT2D eigenvalue weighted by molar-refractivity contribution is -0.138. The molecule has 12 heteroatoms. The Labute approximate surface area is 350 Å². The molecule has 4 saturated heterocycles. The minimum absolute atomic E-state index is 0.102. The summed E-state index contributed by atoms with van der Waals surface area (Å²) in [6.07, 6.45) is 9.49. The van der Waals surface area contributed by atoms with Crippen LogP contribution in [0.3, 0.4) is 0 Å². The number of hydrogen-bond donors (Lipinski definition) is 0. The number of halogens is 6. The Kier molecular flexibility index (Phi) is 13.4. The minimum Gasteiger partial charge on any atom is -0.490 e. The summed E-state index contributed by atoms with van der Waals surface area (Å²) in [6, 6.07) is 19.0. The first-order chi connectivity index (χ1) is 28.7. The first kappa shape index (κ1) is 43.4. The fourth-order valence-corrected chi connectivity index (χ4v) is 9.50. The summed E-state index contributed by atoms with van der Waals surface area (Å²) < 4.78 is 90.0. The fraction of sp³-hybridized carbons (Fsp3) is 0.500. The SMILES string of the molecule is CC/C=C/c1cc(C)ccc1OC1C[C@H]2CC[C@@H](C1)N2c1ccc(C(F)(F)F)cn1.CCCCc1cc(C)ccc1OC1C[C@H]2CC[C@@H](C1)N2c1ccc(C(F)(F)F)cn1. The fourth-order valence-electron chi connectivity index (χ4n) is 9.50. The van der Waals surface area contributed by atoms with Crippen LogP contribution < -0.4 is 19.3 Å². The molecule has 2 aromatic carbocycles. The van der Waals surface area contributed by atoms with Gasteiger partial charge in [0.1, 0.15) is 35.3 Å². The van der Waals surface area contributed by atoms with Gasteiger partial charge in [0.25, 0.3) is 0 Å². The summed E-state index contributed by atoms with van der Waals surface area (Å²) in [6.45, 7) is 8.48. The molecule has 4 aliphatic heterocycles. The summed E-state index contributed by atoms with van der Waals surface area (Å²) >= 11 is 0. The topological polar surface area (TPSA) is 50.7 Å². The summed E-state index contributed by atoms with van der Waals surface area (Å²) in [5, 5.41) is 0. The highest BCUT2D eigenvalue weighted by Crippen LogP contribution is 2.43. The molecule has 4 aliphatic rings. The highest BCUT2D eigenvalue weighted by Gasteiger charge is 2.44. The number of anilines is 2. The Morgan fingerprint density at radius 1 is 0.633 bits per heavy atom. The van der Waals surface area contributed by atoms with E-state index in [0.29, 0.717) is 11.6 Å². The predicted octanol–water partition coefficient (Wildman–Crippen LogP) is 12.7. The van der Waals surface area contributed by atoms with Gasteiger partial charge in [0.2, 0.25) is 0 Å². The molecular weight excluding hydrogens is 779 g/mol. The maximum absolute atomic E-state index is 12.9. The van der Waals surface area contributed by atoms with Gasteiger partial charge in [-0.25, -0.2) is 9.97 Å². The largest absolute Gasteiger partial charge is 0.490 e. The van der Waals surface area contributed by atoms with E-state index in [0.717, 1.165) is 119 Å². The number of unbranched alkanes of at least 4 members (excludes halogenated alkanes) is 1. The van der Waals surface area contributed by atoms with Crippen LogP contribution in [0.5, 0.6) is 11.5 Å². The van der Waals surface area contributed by atoms with Crippen molar-refractivity contribution in [2.24, 2.45) is 0 Å². The van der Waals surface area contributed by atoms with Gasteiger partial charge in [0.15, 0.2) is 0 Å². The third kappa shape index (κ3) is 10.2. The van der Waals surface area contributed by atoms with E-state index in [9.17, 15) is 26.3 Å². The quantitative estimate of drug-likeness (QED) is 0.140. The number of pyridine rings is 2. The van der Waals surface area contributed by atoms with Crippen LogP contribution in [0.2, 0.25) is 0 Å². The van der Waals surface area contributed by atoms with E-state index in [1.54, 1.807) is 0 Å². The van der Waals surface area contributed by atoms with Crippen molar-refractivity contribution < 1.29 is 35.8 Å². The normalized spacial score (nSPS) is 23.8. The molecule has 4 fully saturated rings. The van der Waals surface area contributed by atoms with E-state index in [1.165, 1.54) is 28.8 Å². The lowest BCUT2D eigenvalue weighted by Gasteiger charge is -2.40. The highest BCUT2D eigenvalue weighted by atomic mass is 19.4. The maximum atomic E-state index is 12.9. The molecule has 6 atom stereocenters. The maximum Gasteiger partial charge on any atom is 0.417 e. The van der Waals surface area contributed by atoms with Crippen LogP contribution in [0.25, 0.3) is 6.08 Å². The summed E-state index contributed by atoms with van der Waals surface area (Å²) in [5.74, 6) is 3.17. The van der Waals surface area contributed by atoms with Crippen LogP contribution in [0.4, 0.5) is 38.0 Å². The minimum atomic E-state index is -4.36. The van der Waals surface area contributed by atoms with Crippen LogP contribution in [-0.4, -0.2) is 46.3 Å². The van der Waals surface area contributed by atoms with Gasteiger partial charge in [-0.05, 0) is 107 Å². The molecule has 2 unspecified atom stereocenters. The van der Waals surface area contributed by atoms with Gasteiger partial charge in [-0.2, -0.15) is 26.3 Å². The predicted molar refractivity (Wildman–Crippen MR) is 225 cm³/mol. The van der Waals surface area contributed by atoms with Gasteiger partial charge in [-0.1, -0.05) is 61.7 Å². The summed E-state index contributed by atoms with van der Waals surface area (Å²) in [4.78, 5) is 12.7. The van der Waals surface area contributed by atoms with Gasteiger partial charge >= 0.3 is 12.4 Å². The first-order valence-corrected chi connectivity index (χ1v) is 21.5. The number of benzene rings is 2. The first-order valence-electron chi connectivity index (χ1n) is 21.5. The second-order valence-corrected chi connectivity index (χ2v) is 16.9. The number of piperidine rings is 2. The van der Waals surface area contributed by atoms with Crippen LogP contribution in [0.15, 0.2) is 79.1 Å². The lowest BCUT2D eigenvalue weighted by Crippen LogP contribution is -2.46. The van der Waals surface area contributed by atoms with Crippen molar-refractivity contribution in [1.29, 1.82) is 0 Å². The van der Waals surface area contributed by atoms with Crippen LogP contribution >= 0.6 is 0 Å². The number of aromatic nitrogens is 2. The van der Waals surface area contributed by atoms with Gasteiger partial charge in [-0.3, -0.25) is 0 Å². The third-order valence-corrected chi connectivity index (χ3v) is 12.4. The Balaban J connectivity index is 0.000000181. The van der Waals surface area contributed by atoms with Crippen molar-refractivity contribution in [2.45, 2.75) is 153 Å². The third-order valence-electron chi connectivity index (χ3n) is 12.4. The monoisotopic (exact) mass is 834 g/mol. The molecule has 0 amide bonds.